The van der Waals surface area contributed by atoms with Crippen molar-refractivity contribution in [1.82, 2.24) is 10.2 Å². The van der Waals surface area contributed by atoms with Crippen LogP contribution in [0.4, 0.5) is 0 Å². The van der Waals surface area contributed by atoms with Crippen LogP contribution in [-0.4, -0.2) is 35.8 Å². The van der Waals surface area contributed by atoms with Crippen LogP contribution in [0, 0.1) is 6.92 Å². The molecule has 6 heteroatoms. The van der Waals surface area contributed by atoms with Gasteiger partial charge < -0.3 is 14.6 Å². The van der Waals surface area contributed by atoms with E-state index in [2.05, 4.69) is 5.32 Å². The molecule has 1 aliphatic heterocycles. The third-order valence-corrected chi connectivity index (χ3v) is 4.80. The first kappa shape index (κ1) is 18.9. The molecule has 2 aromatic rings. The first-order chi connectivity index (χ1) is 12.9. The fraction of sp³-hybridized carbons (Fsp3) is 0.381. The maximum absolute atomic E-state index is 12.8. The number of hydrogen-bond donors (Lipinski definition) is 1. The van der Waals surface area contributed by atoms with Gasteiger partial charge in [0.2, 0.25) is 5.91 Å². The van der Waals surface area contributed by atoms with Crippen molar-refractivity contribution in [3.8, 4) is 0 Å². The van der Waals surface area contributed by atoms with E-state index < -0.39 is 5.63 Å². The Morgan fingerprint density at radius 3 is 2.63 bits per heavy atom. The molecule has 27 heavy (non-hydrogen) atoms. The third kappa shape index (κ3) is 4.64. The first-order valence-corrected chi connectivity index (χ1v) is 9.18. The molecule has 1 atom stereocenters. The zero-order valence-electron chi connectivity index (χ0n) is 15.7. The van der Waals surface area contributed by atoms with E-state index in [1.54, 1.807) is 17.9 Å². The molecule has 0 radical (unpaired) electrons. The molecule has 0 saturated carbocycles. The molecule has 3 rings (SSSR count). The van der Waals surface area contributed by atoms with Gasteiger partial charge in [-0.1, -0.05) is 30.3 Å². The quantitative estimate of drug-likeness (QED) is 0.876. The molecule has 2 amide bonds. The minimum atomic E-state index is -0.592. The summed E-state index contributed by atoms with van der Waals surface area (Å²) >= 11 is 0. The lowest BCUT2D eigenvalue weighted by atomic mass is 10.1. The van der Waals surface area contributed by atoms with E-state index >= 15 is 0 Å². The van der Waals surface area contributed by atoms with E-state index in [1.165, 1.54) is 12.5 Å². The van der Waals surface area contributed by atoms with Gasteiger partial charge in [0.05, 0.1) is 0 Å². The number of amides is 2. The van der Waals surface area contributed by atoms with Crippen LogP contribution in [-0.2, 0) is 17.6 Å². The van der Waals surface area contributed by atoms with Crippen molar-refractivity contribution in [3.63, 3.8) is 0 Å². The Morgan fingerprint density at radius 2 is 1.96 bits per heavy atom. The van der Waals surface area contributed by atoms with Gasteiger partial charge in [0.1, 0.15) is 11.3 Å². The SMILES string of the molecule is CC(=O)NC1CCN(C(=O)c2c(C)cc(CCc3ccccc3)oc2=O)C1. The summed E-state index contributed by atoms with van der Waals surface area (Å²) in [6.07, 6.45) is 2.05. The van der Waals surface area contributed by atoms with Gasteiger partial charge >= 0.3 is 5.63 Å². The highest BCUT2D eigenvalue weighted by atomic mass is 16.4. The van der Waals surface area contributed by atoms with Gasteiger partial charge in [0.25, 0.3) is 5.91 Å². The fourth-order valence-corrected chi connectivity index (χ4v) is 3.47. The lowest BCUT2D eigenvalue weighted by molar-refractivity contribution is -0.119. The molecular weight excluding hydrogens is 344 g/mol. The number of nitrogens with one attached hydrogen (secondary N) is 1. The van der Waals surface area contributed by atoms with Gasteiger partial charge in [-0.25, -0.2) is 4.79 Å². The van der Waals surface area contributed by atoms with Crippen LogP contribution < -0.4 is 10.9 Å². The molecular formula is C21H24N2O4. The number of carbonyl (C=O) groups is 2. The van der Waals surface area contributed by atoms with Gasteiger partial charge in [-0.2, -0.15) is 0 Å². The van der Waals surface area contributed by atoms with Gasteiger partial charge in [0.15, 0.2) is 0 Å². The van der Waals surface area contributed by atoms with Crippen molar-refractivity contribution in [2.75, 3.05) is 13.1 Å². The lowest BCUT2D eigenvalue weighted by Crippen LogP contribution is -2.38. The molecule has 1 aromatic carbocycles. The Hall–Kier alpha value is -2.89. The largest absolute Gasteiger partial charge is 0.427 e. The number of benzene rings is 1. The smallest absolute Gasteiger partial charge is 0.349 e. The van der Waals surface area contributed by atoms with E-state index in [9.17, 15) is 14.4 Å². The summed E-state index contributed by atoms with van der Waals surface area (Å²) in [6, 6.07) is 11.7. The highest BCUT2D eigenvalue weighted by Crippen LogP contribution is 2.16. The van der Waals surface area contributed by atoms with Gasteiger partial charge in [0, 0.05) is 32.5 Å². The minimum Gasteiger partial charge on any atom is -0.427 e. The number of hydrogen-bond acceptors (Lipinski definition) is 4. The van der Waals surface area contributed by atoms with E-state index in [0.717, 1.165) is 6.42 Å². The van der Waals surface area contributed by atoms with Crippen LogP contribution in [0.2, 0.25) is 0 Å². The summed E-state index contributed by atoms with van der Waals surface area (Å²) in [7, 11) is 0. The highest BCUT2D eigenvalue weighted by Gasteiger charge is 2.30. The van der Waals surface area contributed by atoms with Crippen molar-refractivity contribution >= 4 is 11.8 Å². The molecule has 1 unspecified atom stereocenters. The molecule has 0 aliphatic carbocycles. The zero-order valence-corrected chi connectivity index (χ0v) is 15.7. The summed E-state index contributed by atoms with van der Waals surface area (Å²) in [6.45, 7) is 4.14. The van der Waals surface area contributed by atoms with E-state index in [-0.39, 0.29) is 23.4 Å². The molecule has 2 heterocycles. The maximum atomic E-state index is 12.8. The average Bonchev–Trinajstić information content (AvgIpc) is 3.08. The fourth-order valence-electron chi connectivity index (χ4n) is 3.47. The molecule has 1 N–H and O–H groups in total. The third-order valence-electron chi connectivity index (χ3n) is 4.80. The van der Waals surface area contributed by atoms with Crippen LogP contribution in [0.1, 0.15) is 40.6 Å². The predicted octanol–water partition coefficient (Wildman–Crippen LogP) is 2.08. The summed E-state index contributed by atoms with van der Waals surface area (Å²) < 4.78 is 5.41. The molecule has 0 bridgehead atoms. The molecule has 1 aliphatic rings. The monoisotopic (exact) mass is 368 g/mol. The Bertz CT molecular complexity index is 889. The van der Waals surface area contributed by atoms with Crippen LogP contribution in [0.3, 0.4) is 0 Å². The van der Waals surface area contributed by atoms with Crippen LogP contribution >= 0.6 is 0 Å². The summed E-state index contributed by atoms with van der Waals surface area (Å²) in [5.41, 5.74) is 1.29. The number of likely N-dealkylation sites (tertiary alicyclic amines) is 1. The second-order valence-electron chi connectivity index (χ2n) is 6.98. The predicted molar refractivity (Wildman–Crippen MR) is 102 cm³/mol. The van der Waals surface area contributed by atoms with Crippen molar-refractivity contribution in [3.05, 3.63) is 69.3 Å². The number of aryl methyl sites for hydroxylation is 3. The standard InChI is InChI=1S/C21H24N2O4/c1-14-12-18(9-8-16-6-4-3-5-7-16)27-21(26)19(14)20(25)23-11-10-17(13-23)22-15(2)24/h3-7,12,17H,8-11,13H2,1-2H3,(H,22,24). The minimum absolute atomic E-state index is 0.0658. The number of rotatable bonds is 5. The van der Waals surface area contributed by atoms with Crippen LogP contribution in [0.5, 0.6) is 0 Å². The molecule has 6 nitrogen and oxygen atoms in total. The Kier molecular flexibility index (Phi) is 5.74. The van der Waals surface area contributed by atoms with E-state index in [1.807, 2.05) is 30.3 Å². The van der Waals surface area contributed by atoms with Crippen molar-refractivity contribution in [2.45, 2.75) is 39.2 Å². The van der Waals surface area contributed by atoms with E-state index in [0.29, 0.717) is 37.3 Å². The van der Waals surface area contributed by atoms with Crippen molar-refractivity contribution in [1.29, 1.82) is 0 Å². The van der Waals surface area contributed by atoms with Gasteiger partial charge in [-0.15, -0.1) is 0 Å². The van der Waals surface area contributed by atoms with Crippen LogP contribution in [0.15, 0.2) is 45.6 Å². The summed E-state index contributed by atoms with van der Waals surface area (Å²) in [5.74, 6) is 0.131. The molecule has 1 aromatic heterocycles. The topological polar surface area (TPSA) is 79.6 Å². The van der Waals surface area contributed by atoms with Crippen molar-refractivity contribution < 1.29 is 14.0 Å². The van der Waals surface area contributed by atoms with Crippen LogP contribution in [0.25, 0.3) is 0 Å². The van der Waals surface area contributed by atoms with Crippen molar-refractivity contribution in [2.24, 2.45) is 0 Å². The Labute approximate surface area is 158 Å². The molecule has 142 valence electrons. The first-order valence-electron chi connectivity index (χ1n) is 9.18. The second kappa shape index (κ2) is 8.20. The second-order valence-corrected chi connectivity index (χ2v) is 6.98. The molecule has 1 fully saturated rings. The van der Waals surface area contributed by atoms with E-state index in [4.69, 9.17) is 4.42 Å². The summed E-state index contributed by atoms with van der Waals surface area (Å²) in [5, 5.41) is 2.81. The average molecular weight is 368 g/mol. The highest BCUT2D eigenvalue weighted by molar-refractivity contribution is 5.95. The number of carbonyl (C=O) groups excluding carboxylic acids is 2. The lowest BCUT2D eigenvalue weighted by Gasteiger charge is -2.17. The molecule has 0 spiro atoms. The summed E-state index contributed by atoms with van der Waals surface area (Å²) in [4.78, 5) is 38.0. The number of nitrogens with zero attached hydrogens (tertiary/aromatic N) is 1. The van der Waals surface area contributed by atoms with Gasteiger partial charge in [-0.3, -0.25) is 9.59 Å². The normalized spacial score (nSPS) is 16.4. The molecule has 1 saturated heterocycles. The van der Waals surface area contributed by atoms with Gasteiger partial charge in [-0.05, 0) is 37.0 Å². The Morgan fingerprint density at radius 1 is 1.22 bits per heavy atom. The Balaban J connectivity index is 1.70. The maximum Gasteiger partial charge on any atom is 0.349 e. The zero-order chi connectivity index (χ0) is 19.4.